The molecule has 0 spiro atoms. The molecule has 10 aromatic carbocycles. The monoisotopic (exact) mass is 1670 g/mol. The van der Waals surface area contributed by atoms with Gasteiger partial charge in [0.2, 0.25) is 56.1 Å². The Balaban J connectivity index is 0.000000135. The summed E-state index contributed by atoms with van der Waals surface area (Å²) in [6.07, 6.45) is 17.0. The minimum absolute atomic E-state index is 0.261. The summed E-state index contributed by atoms with van der Waals surface area (Å²) in [6, 6.07) is 79.6. The van der Waals surface area contributed by atoms with Crippen LogP contribution in [0.3, 0.4) is 0 Å². The lowest BCUT2D eigenvalue weighted by Crippen LogP contribution is -2.33. The molecule has 2 saturated carbocycles. The number of rotatable bonds is 13. The number of aryl methyl sites for hydroxylation is 15. The largest absolute Gasteiger partial charge is 0.213 e. The summed E-state index contributed by atoms with van der Waals surface area (Å²) in [7, 11) is 11.0. The summed E-state index contributed by atoms with van der Waals surface area (Å²) in [5.74, 6) is 2.39. The minimum atomic E-state index is 0.261. The van der Waals surface area contributed by atoms with Gasteiger partial charge in [0.15, 0.2) is 0 Å². The third-order valence-corrected chi connectivity index (χ3v) is 27.9. The zero-order valence-electron chi connectivity index (χ0n) is 82.4. The van der Waals surface area contributed by atoms with E-state index in [1.54, 1.807) is 0 Å². The van der Waals surface area contributed by atoms with Crippen LogP contribution in [0.2, 0.25) is 0 Å². The molecule has 5 aromatic heterocycles. The molecular weight excluding hydrogens is 1520 g/mol. The second-order valence-corrected chi connectivity index (χ2v) is 41.2. The third kappa shape index (κ3) is 21.1. The topological polar surface area (TPSA) is 19.4 Å². The highest BCUT2D eigenvalue weighted by molar-refractivity contribution is 5.87. The van der Waals surface area contributed by atoms with Gasteiger partial charge in [0, 0.05) is 115 Å². The first-order chi connectivity index (χ1) is 59.8. The van der Waals surface area contributed by atoms with E-state index < -0.39 is 0 Å². The lowest BCUT2D eigenvalue weighted by atomic mass is 9.85. The van der Waals surface area contributed by atoms with E-state index in [9.17, 15) is 0 Å². The van der Waals surface area contributed by atoms with Crippen LogP contribution in [0.4, 0.5) is 0 Å². The van der Waals surface area contributed by atoms with Gasteiger partial charge in [-0.3, -0.25) is 0 Å². The molecule has 0 amide bonds. The van der Waals surface area contributed by atoms with E-state index in [4.69, 9.17) is 0 Å². The van der Waals surface area contributed by atoms with Crippen LogP contribution in [-0.4, -0.2) is 0 Å². The molecule has 126 heavy (non-hydrogen) atoms. The van der Waals surface area contributed by atoms with Crippen molar-refractivity contribution in [1.82, 2.24) is 0 Å². The number of nitrogens with zero attached hydrogens (tertiary/aromatic N) is 5. The molecule has 0 bridgehead atoms. The molecule has 5 heterocycles. The number of hydrogen-bond acceptors (Lipinski definition) is 0. The fourth-order valence-corrected chi connectivity index (χ4v) is 20.8. The molecular formula is C121H148N5+5. The zero-order chi connectivity index (χ0) is 90.7. The molecule has 2 fully saturated rings. The highest BCUT2D eigenvalue weighted by Crippen LogP contribution is 2.39. The van der Waals surface area contributed by atoms with Crippen LogP contribution in [0.5, 0.6) is 0 Å². The van der Waals surface area contributed by atoms with Crippen LogP contribution in [0.25, 0.3) is 111 Å². The first-order valence-electron chi connectivity index (χ1n) is 47.3. The van der Waals surface area contributed by atoms with Crippen molar-refractivity contribution in [1.29, 1.82) is 0 Å². The molecule has 15 aromatic rings. The lowest BCUT2D eigenvalue weighted by Gasteiger charge is -2.20. The molecule has 652 valence electrons. The summed E-state index contributed by atoms with van der Waals surface area (Å²) in [5, 5.41) is 6.95. The first kappa shape index (κ1) is 92.9. The Morgan fingerprint density at radius 1 is 0.262 bits per heavy atom. The standard InChI is InChI=1S/2C25H30N.2C24H30N.C23H28N/c1-17-13-18(2)19(3)23(14-17)25-16-21(15-20-9-5-6-10-20)22-11-7-8-12-24(22)26(25)4;1-17-14-18(2)19(3)23(15-17)25-13-12-22-21(16-20-8-5-6-9-20)10-7-11-24(22)26(25)4;1-16-13-17(2)18(3)21(14-16)23-12-11-20-19(15-24(4,5)6)9-8-10-22(20)25(23)7;1-16-12-17(2)18(3)21(13-16)23-14-19(15-24(4,5)6)20-10-8-9-11-22(20)25(23)7;1-15(2)11-19-14-23(21-13-16(3)12-17(4)18(21)5)24(6)22-10-8-7-9-20(19)22/h7-8,11-14,16,20H,5-6,9-10,15H2,1-4H3;7,10-15,20H,5-6,8-9,16H2,1-4H3;2*8-14H,15H2,1-7H3;7-10,12-15H,11H2,1-6H3/q5*+1. The quantitative estimate of drug-likeness (QED) is 0.103. The molecule has 0 saturated heterocycles. The van der Waals surface area contributed by atoms with E-state index in [1.807, 2.05) is 0 Å². The van der Waals surface area contributed by atoms with Gasteiger partial charge in [0.1, 0.15) is 35.2 Å². The number of fused-ring (bicyclic) bond motifs is 5. The summed E-state index contributed by atoms with van der Waals surface area (Å²) in [4.78, 5) is 0. The van der Waals surface area contributed by atoms with Crippen molar-refractivity contribution >= 4 is 54.5 Å². The molecule has 2 aliphatic carbocycles. The van der Waals surface area contributed by atoms with Crippen LogP contribution in [0.1, 0.15) is 218 Å². The summed E-state index contributed by atoms with van der Waals surface area (Å²) in [6.45, 7) is 51.7. The van der Waals surface area contributed by atoms with Crippen LogP contribution in [0.15, 0.2) is 212 Å². The van der Waals surface area contributed by atoms with Crippen LogP contribution >= 0.6 is 0 Å². The van der Waals surface area contributed by atoms with Gasteiger partial charge in [-0.15, -0.1) is 0 Å². The predicted molar refractivity (Wildman–Crippen MR) is 540 cm³/mol. The van der Waals surface area contributed by atoms with Gasteiger partial charge in [-0.25, -0.2) is 0 Å². The normalized spacial score (nSPS) is 13.2. The molecule has 0 atom stereocenters. The maximum Gasteiger partial charge on any atom is 0.213 e. The maximum atomic E-state index is 2.47. The Bertz CT molecular complexity index is 6510. The van der Waals surface area contributed by atoms with Crippen molar-refractivity contribution in [2.75, 3.05) is 0 Å². The number of para-hydroxylation sites is 3. The van der Waals surface area contributed by atoms with Crippen molar-refractivity contribution in [3.8, 4) is 56.3 Å². The number of benzene rings is 10. The van der Waals surface area contributed by atoms with Crippen molar-refractivity contribution in [3.63, 3.8) is 0 Å². The fraction of sp³-hybridized carbons (Fsp3) is 0.380. The number of hydrogen-bond donors (Lipinski definition) is 0. The second kappa shape index (κ2) is 39.2. The predicted octanol–water partition coefficient (Wildman–Crippen LogP) is 29.1. The van der Waals surface area contributed by atoms with Gasteiger partial charge < -0.3 is 0 Å². The van der Waals surface area contributed by atoms with E-state index in [0.29, 0.717) is 5.92 Å². The van der Waals surface area contributed by atoms with Gasteiger partial charge >= 0.3 is 0 Å². The lowest BCUT2D eigenvalue weighted by molar-refractivity contribution is -0.633. The SMILES string of the molecule is Cc1cc(C)c(C)c(-c2cc(CC(C)(C)C)c3ccccc3[n+]2C)c1.Cc1cc(C)c(C)c(-c2cc(CC(C)C)c3ccccc3[n+]2C)c1.Cc1cc(C)c(C)c(-c2cc(CC3CCCC3)c3ccccc3[n+]2C)c1.Cc1cc(C)c(C)c(-c2ccc3c(CC(C)(C)C)cccc3[n+]2C)c1.Cc1cc(C)c(C)c(-c2ccc3c(CC4CCCC4)cccc3[n+]2C)c1. The summed E-state index contributed by atoms with van der Waals surface area (Å²) < 4.78 is 11.8. The molecule has 0 N–H and O–H groups in total. The Hall–Kier alpha value is -10.8. The smallest absolute Gasteiger partial charge is 0.194 e. The van der Waals surface area contributed by atoms with Crippen LogP contribution in [-0.2, 0) is 67.3 Å². The highest BCUT2D eigenvalue weighted by atomic mass is 15.0. The summed E-state index contributed by atoms with van der Waals surface area (Å²) >= 11 is 0. The average Bonchev–Trinajstić information content (AvgIpc) is 0.978. The molecule has 0 aliphatic heterocycles. The van der Waals surface area contributed by atoms with Gasteiger partial charge in [0.05, 0.1) is 0 Å². The molecule has 0 unspecified atom stereocenters. The summed E-state index contributed by atoms with van der Waals surface area (Å²) in [5.41, 5.74) is 48.2. The Labute approximate surface area is 758 Å². The Morgan fingerprint density at radius 3 is 0.857 bits per heavy atom. The van der Waals surface area contributed by atoms with E-state index >= 15 is 0 Å². The minimum Gasteiger partial charge on any atom is -0.194 e. The average molecular weight is 1670 g/mol. The second-order valence-electron chi connectivity index (χ2n) is 41.2. The van der Waals surface area contributed by atoms with Crippen LogP contribution in [0, 0.1) is 132 Å². The van der Waals surface area contributed by atoms with E-state index in [0.717, 1.165) is 31.1 Å². The molecule has 5 nitrogen and oxygen atoms in total. The van der Waals surface area contributed by atoms with Crippen LogP contribution < -0.4 is 22.8 Å². The molecule has 5 heteroatoms. The van der Waals surface area contributed by atoms with Crippen molar-refractivity contribution in [2.45, 2.75) is 243 Å². The maximum absolute atomic E-state index is 2.47. The van der Waals surface area contributed by atoms with Gasteiger partial charge in [-0.1, -0.05) is 226 Å². The molecule has 17 rings (SSSR count). The fourth-order valence-electron chi connectivity index (χ4n) is 20.8. The highest BCUT2D eigenvalue weighted by Gasteiger charge is 2.29. The Kier molecular flexibility index (Phi) is 28.9. The van der Waals surface area contributed by atoms with E-state index in [1.165, 1.54) is 286 Å². The van der Waals surface area contributed by atoms with Gasteiger partial charge in [-0.05, 0) is 309 Å². The first-order valence-corrected chi connectivity index (χ1v) is 47.3. The van der Waals surface area contributed by atoms with Crippen molar-refractivity contribution in [2.24, 2.45) is 63.8 Å². The Morgan fingerprint density at radius 2 is 0.516 bits per heavy atom. The number of aromatic nitrogens is 5. The van der Waals surface area contributed by atoms with Crippen molar-refractivity contribution in [3.05, 3.63) is 324 Å². The van der Waals surface area contributed by atoms with Gasteiger partial charge in [0.25, 0.3) is 0 Å². The van der Waals surface area contributed by atoms with Gasteiger partial charge in [-0.2, -0.15) is 22.8 Å². The number of pyridine rings is 5. The zero-order valence-corrected chi connectivity index (χ0v) is 82.4. The molecule has 0 radical (unpaired) electrons. The van der Waals surface area contributed by atoms with E-state index in [-0.39, 0.29) is 10.8 Å². The molecule has 2 aliphatic rings. The van der Waals surface area contributed by atoms with E-state index in [2.05, 4.69) is 430 Å². The third-order valence-electron chi connectivity index (χ3n) is 27.9. The van der Waals surface area contributed by atoms with Crippen molar-refractivity contribution < 1.29 is 22.8 Å².